The van der Waals surface area contributed by atoms with Gasteiger partial charge in [0.2, 0.25) is 0 Å². The summed E-state index contributed by atoms with van der Waals surface area (Å²) >= 11 is 0. The first-order chi connectivity index (χ1) is 9.70. The summed E-state index contributed by atoms with van der Waals surface area (Å²) in [6.07, 6.45) is 6.85. The van der Waals surface area contributed by atoms with Crippen LogP contribution in [-0.2, 0) is 6.54 Å². The number of aromatic nitrogens is 1. The number of benzene rings is 1. The van der Waals surface area contributed by atoms with Gasteiger partial charge in [0.25, 0.3) is 5.91 Å². The van der Waals surface area contributed by atoms with Crippen molar-refractivity contribution in [3.05, 3.63) is 65.7 Å². The largest absolute Gasteiger partial charge is 0.322 e. The number of carbonyl (C=O) groups excluding carboxylic acids is 1. The second-order valence-corrected chi connectivity index (χ2v) is 4.21. The van der Waals surface area contributed by atoms with E-state index < -0.39 is 0 Å². The van der Waals surface area contributed by atoms with Gasteiger partial charge in [-0.3, -0.25) is 9.78 Å². The molecule has 0 saturated carbocycles. The van der Waals surface area contributed by atoms with Crippen LogP contribution in [0.5, 0.6) is 0 Å². The summed E-state index contributed by atoms with van der Waals surface area (Å²) in [6, 6.07) is 11.1. The third-order valence-corrected chi connectivity index (χ3v) is 2.74. The molecule has 1 heterocycles. The van der Waals surface area contributed by atoms with Crippen molar-refractivity contribution in [2.24, 2.45) is 0 Å². The minimum absolute atomic E-state index is 0.173. The maximum absolute atomic E-state index is 12.9. The number of pyridine rings is 1. The molecule has 0 spiro atoms. The van der Waals surface area contributed by atoms with Gasteiger partial charge in [0.05, 0.1) is 6.54 Å². The second-order valence-electron chi connectivity index (χ2n) is 4.21. The van der Waals surface area contributed by atoms with Crippen molar-refractivity contribution in [3.8, 4) is 12.3 Å². The molecule has 0 radical (unpaired) electrons. The average Bonchev–Trinajstić information content (AvgIpc) is 2.49. The molecule has 20 heavy (non-hydrogen) atoms. The first kappa shape index (κ1) is 13.8. The van der Waals surface area contributed by atoms with Crippen molar-refractivity contribution in [3.63, 3.8) is 0 Å². The van der Waals surface area contributed by atoms with Gasteiger partial charge in [-0.2, -0.15) is 0 Å². The zero-order valence-corrected chi connectivity index (χ0v) is 10.8. The van der Waals surface area contributed by atoms with E-state index in [4.69, 9.17) is 6.42 Å². The lowest BCUT2D eigenvalue weighted by Gasteiger charge is -2.19. The Bertz CT molecular complexity index is 617. The Morgan fingerprint density at radius 3 is 2.60 bits per heavy atom. The molecule has 0 atom stereocenters. The smallest absolute Gasteiger partial charge is 0.273 e. The zero-order chi connectivity index (χ0) is 14.4. The second kappa shape index (κ2) is 6.48. The number of nitrogens with zero attached hydrogens (tertiary/aromatic N) is 2. The minimum Gasteiger partial charge on any atom is -0.322 e. The quantitative estimate of drug-likeness (QED) is 0.798. The van der Waals surface area contributed by atoms with E-state index in [-0.39, 0.29) is 18.3 Å². The minimum atomic E-state index is -0.312. The standard InChI is InChI=1S/C16H13FN2O/c1-2-11-19(12-13-6-8-14(17)9-7-13)16(20)15-5-3-4-10-18-15/h1,3-10H,11-12H2. The van der Waals surface area contributed by atoms with Crippen molar-refractivity contribution in [1.29, 1.82) is 0 Å². The summed E-state index contributed by atoms with van der Waals surface area (Å²) in [7, 11) is 0. The number of amides is 1. The SMILES string of the molecule is C#CCN(Cc1ccc(F)cc1)C(=O)c1ccccn1. The van der Waals surface area contributed by atoms with Gasteiger partial charge in [-0.05, 0) is 29.8 Å². The molecular weight excluding hydrogens is 255 g/mol. The average molecular weight is 268 g/mol. The van der Waals surface area contributed by atoms with Crippen molar-refractivity contribution in [2.45, 2.75) is 6.54 Å². The summed E-state index contributed by atoms with van der Waals surface area (Å²) in [5.74, 6) is 1.90. The number of rotatable bonds is 4. The van der Waals surface area contributed by atoms with Crippen LogP contribution in [-0.4, -0.2) is 22.3 Å². The molecule has 0 saturated heterocycles. The van der Waals surface area contributed by atoms with Crippen molar-refractivity contribution < 1.29 is 9.18 Å². The number of hydrogen-bond donors (Lipinski definition) is 0. The molecule has 0 aliphatic carbocycles. The fourth-order valence-electron chi connectivity index (χ4n) is 1.77. The third kappa shape index (κ3) is 3.42. The first-order valence-corrected chi connectivity index (χ1v) is 6.09. The molecular formula is C16H13FN2O. The Morgan fingerprint density at radius 2 is 2.00 bits per heavy atom. The molecule has 3 nitrogen and oxygen atoms in total. The summed E-state index contributed by atoms with van der Waals surface area (Å²) in [4.78, 5) is 17.8. The van der Waals surface area contributed by atoms with E-state index in [2.05, 4.69) is 10.9 Å². The van der Waals surface area contributed by atoms with E-state index in [0.29, 0.717) is 12.2 Å². The number of terminal acetylenes is 1. The van der Waals surface area contributed by atoms with E-state index in [0.717, 1.165) is 5.56 Å². The van der Waals surface area contributed by atoms with Gasteiger partial charge < -0.3 is 4.90 Å². The summed E-state index contributed by atoms with van der Waals surface area (Å²) in [6.45, 7) is 0.493. The van der Waals surface area contributed by atoms with Gasteiger partial charge in [0.15, 0.2) is 0 Å². The molecule has 2 aromatic rings. The molecule has 4 heteroatoms. The Morgan fingerprint density at radius 1 is 1.25 bits per heavy atom. The van der Waals surface area contributed by atoms with Crippen LogP contribution in [0.2, 0.25) is 0 Å². The van der Waals surface area contributed by atoms with Crippen LogP contribution in [0.25, 0.3) is 0 Å². The van der Waals surface area contributed by atoms with Gasteiger partial charge in [-0.15, -0.1) is 6.42 Å². The monoisotopic (exact) mass is 268 g/mol. The third-order valence-electron chi connectivity index (χ3n) is 2.74. The molecule has 1 aromatic heterocycles. The molecule has 2 rings (SSSR count). The van der Waals surface area contributed by atoms with Crippen LogP contribution in [0.15, 0.2) is 48.7 Å². The van der Waals surface area contributed by atoms with E-state index in [9.17, 15) is 9.18 Å². The fourth-order valence-corrected chi connectivity index (χ4v) is 1.77. The summed E-state index contributed by atoms with van der Waals surface area (Å²) < 4.78 is 12.9. The van der Waals surface area contributed by atoms with Crippen LogP contribution < -0.4 is 0 Å². The number of carbonyl (C=O) groups is 1. The molecule has 0 N–H and O–H groups in total. The molecule has 100 valence electrons. The Kier molecular flexibility index (Phi) is 4.46. The lowest BCUT2D eigenvalue weighted by Crippen LogP contribution is -2.31. The molecule has 1 amide bonds. The lowest BCUT2D eigenvalue weighted by atomic mass is 10.2. The summed E-state index contributed by atoms with van der Waals surface area (Å²) in [5.41, 5.74) is 1.15. The zero-order valence-electron chi connectivity index (χ0n) is 10.8. The maximum Gasteiger partial charge on any atom is 0.273 e. The highest BCUT2D eigenvalue weighted by atomic mass is 19.1. The van der Waals surface area contributed by atoms with Crippen LogP contribution in [0.4, 0.5) is 4.39 Å². The highest BCUT2D eigenvalue weighted by Gasteiger charge is 2.16. The molecule has 0 bridgehead atoms. The van der Waals surface area contributed by atoms with Crippen LogP contribution in [0.1, 0.15) is 16.1 Å². The highest BCUT2D eigenvalue weighted by molar-refractivity contribution is 5.92. The Hall–Kier alpha value is -2.67. The van der Waals surface area contributed by atoms with Crippen LogP contribution in [0, 0.1) is 18.2 Å². The van der Waals surface area contributed by atoms with E-state index in [1.165, 1.54) is 17.0 Å². The van der Waals surface area contributed by atoms with Gasteiger partial charge in [-0.25, -0.2) is 4.39 Å². The van der Waals surface area contributed by atoms with Gasteiger partial charge in [0.1, 0.15) is 11.5 Å². The molecule has 0 aliphatic rings. The van der Waals surface area contributed by atoms with Crippen LogP contribution in [0.3, 0.4) is 0 Å². The first-order valence-electron chi connectivity index (χ1n) is 6.09. The Labute approximate surface area is 117 Å². The normalized spacial score (nSPS) is 9.80. The van der Waals surface area contributed by atoms with Crippen molar-refractivity contribution in [2.75, 3.05) is 6.54 Å². The molecule has 0 fully saturated rings. The Balaban J connectivity index is 2.17. The highest BCUT2D eigenvalue weighted by Crippen LogP contribution is 2.09. The molecule has 0 unspecified atom stereocenters. The number of halogens is 1. The lowest BCUT2D eigenvalue weighted by molar-refractivity contribution is 0.0760. The van der Waals surface area contributed by atoms with Crippen molar-refractivity contribution >= 4 is 5.91 Å². The summed E-state index contributed by atoms with van der Waals surface area (Å²) in [5, 5.41) is 0. The number of hydrogen-bond acceptors (Lipinski definition) is 2. The van der Waals surface area contributed by atoms with E-state index >= 15 is 0 Å². The predicted molar refractivity (Wildman–Crippen MR) is 74.2 cm³/mol. The van der Waals surface area contributed by atoms with E-state index in [1.807, 2.05) is 0 Å². The van der Waals surface area contributed by atoms with E-state index in [1.54, 1.807) is 36.5 Å². The fraction of sp³-hybridized carbons (Fsp3) is 0.125. The van der Waals surface area contributed by atoms with Gasteiger partial charge in [-0.1, -0.05) is 24.1 Å². The van der Waals surface area contributed by atoms with Gasteiger partial charge >= 0.3 is 0 Å². The molecule has 1 aromatic carbocycles. The predicted octanol–water partition coefficient (Wildman–Crippen LogP) is 2.50. The maximum atomic E-state index is 12.9. The van der Waals surface area contributed by atoms with Crippen LogP contribution >= 0.6 is 0 Å². The van der Waals surface area contributed by atoms with Crippen molar-refractivity contribution in [1.82, 2.24) is 9.88 Å². The van der Waals surface area contributed by atoms with Gasteiger partial charge in [0, 0.05) is 12.7 Å². The molecule has 0 aliphatic heterocycles. The topological polar surface area (TPSA) is 33.2 Å².